The van der Waals surface area contributed by atoms with Gasteiger partial charge in [0.1, 0.15) is 12.6 Å². The molecule has 0 bridgehead atoms. The lowest BCUT2D eigenvalue weighted by atomic mass is 9.98. The van der Waals surface area contributed by atoms with Gasteiger partial charge in [0.15, 0.2) is 0 Å². The van der Waals surface area contributed by atoms with Crippen molar-refractivity contribution >= 4 is 29.7 Å². The molecule has 0 aliphatic heterocycles. The van der Waals surface area contributed by atoms with Crippen LogP contribution in [0.1, 0.15) is 49.7 Å². The standard InChI is InChI=1S/C26H32N2O5S/c1-3-8-17(15-24(29)28-23(25(30)31)13-14-34-2)27-26(32)33-16-22-20-11-6-4-9-18(20)19-10-5-7-12-21(19)22/h4-7,9-12,17,22-23H,3,8,13-16H2,1-2H3,(H,27,32)(H,28,29)(H,30,31)/t17-,23?/m0/s1. The van der Waals surface area contributed by atoms with E-state index in [2.05, 4.69) is 34.9 Å². The van der Waals surface area contributed by atoms with Gasteiger partial charge in [-0.25, -0.2) is 9.59 Å². The summed E-state index contributed by atoms with van der Waals surface area (Å²) in [4.78, 5) is 36.5. The number of amides is 2. The average Bonchev–Trinajstić information content (AvgIpc) is 3.14. The number of carbonyl (C=O) groups excluding carboxylic acids is 2. The van der Waals surface area contributed by atoms with Crippen LogP contribution in [-0.2, 0) is 14.3 Å². The zero-order valence-corrected chi connectivity index (χ0v) is 20.4. The summed E-state index contributed by atoms with van der Waals surface area (Å²) in [5.74, 6) is -0.864. The molecule has 0 spiro atoms. The molecule has 0 saturated carbocycles. The van der Waals surface area contributed by atoms with Crippen LogP contribution in [0.25, 0.3) is 11.1 Å². The summed E-state index contributed by atoms with van der Waals surface area (Å²) >= 11 is 1.52. The summed E-state index contributed by atoms with van der Waals surface area (Å²) in [6, 6.07) is 14.9. The lowest BCUT2D eigenvalue weighted by molar-refractivity contribution is -0.141. The molecule has 0 heterocycles. The highest BCUT2D eigenvalue weighted by atomic mass is 32.2. The number of carboxylic acids is 1. The maximum Gasteiger partial charge on any atom is 0.407 e. The highest BCUT2D eigenvalue weighted by molar-refractivity contribution is 7.98. The van der Waals surface area contributed by atoms with Crippen LogP contribution < -0.4 is 10.6 Å². The zero-order chi connectivity index (χ0) is 24.5. The van der Waals surface area contributed by atoms with Gasteiger partial charge >= 0.3 is 12.1 Å². The highest BCUT2D eigenvalue weighted by Gasteiger charge is 2.29. The van der Waals surface area contributed by atoms with E-state index in [-0.39, 0.29) is 18.9 Å². The van der Waals surface area contributed by atoms with Crippen molar-refractivity contribution in [2.45, 2.75) is 50.6 Å². The molecule has 0 radical (unpaired) electrons. The smallest absolute Gasteiger partial charge is 0.407 e. The summed E-state index contributed by atoms with van der Waals surface area (Å²) in [7, 11) is 0. The Kier molecular flexibility index (Phi) is 9.39. The number of benzene rings is 2. The van der Waals surface area contributed by atoms with Crippen LogP contribution in [0.4, 0.5) is 4.79 Å². The molecule has 1 aliphatic rings. The van der Waals surface area contributed by atoms with Gasteiger partial charge in [0.05, 0.1) is 0 Å². The van der Waals surface area contributed by atoms with Crippen LogP contribution in [0, 0.1) is 0 Å². The van der Waals surface area contributed by atoms with E-state index < -0.39 is 30.1 Å². The molecule has 7 nitrogen and oxygen atoms in total. The quantitative estimate of drug-likeness (QED) is 0.412. The average molecular weight is 485 g/mol. The number of carboxylic acid groups (broad SMARTS) is 1. The van der Waals surface area contributed by atoms with E-state index in [0.717, 1.165) is 28.7 Å². The van der Waals surface area contributed by atoms with Gasteiger partial charge in [0.25, 0.3) is 0 Å². The molecule has 2 aromatic carbocycles. The Morgan fingerprint density at radius 1 is 1.00 bits per heavy atom. The first-order valence-corrected chi connectivity index (χ1v) is 13.0. The van der Waals surface area contributed by atoms with Crippen molar-refractivity contribution in [2.24, 2.45) is 0 Å². The van der Waals surface area contributed by atoms with Crippen LogP contribution in [0.3, 0.4) is 0 Å². The third-order valence-electron chi connectivity index (χ3n) is 5.98. The van der Waals surface area contributed by atoms with Crippen molar-refractivity contribution in [3.8, 4) is 11.1 Å². The summed E-state index contributed by atoms with van der Waals surface area (Å²) in [5, 5.41) is 14.7. The largest absolute Gasteiger partial charge is 0.480 e. The van der Waals surface area contributed by atoms with Crippen LogP contribution >= 0.6 is 11.8 Å². The van der Waals surface area contributed by atoms with Crippen LogP contribution in [0.15, 0.2) is 48.5 Å². The first kappa shape index (κ1) is 25.6. The topological polar surface area (TPSA) is 105 Å². The molecular formula is C26H32N2O5S. The molecule has 0 fully saturated rings. The number of thioether (sulfide) groups is 1. The normalized spacial score (nSPS) is 13.9. The van der Waals surface area contributed by atoms with Crippen LogP contribution in [0.2, 0.25) is 0 Å². The molecule has 0 saturated heterocycles. The Balaban J connectivity index is 1.57. The van der Waals surface area contributed by atoms with Gasteiger partial charge < -0.3 is 20.5 Å². The van der Waals surface area contributed by atoms with Gasteiger partial charge in [0.2, 0.25) is 5.91 Å². The lowest BCUT2D eigenvalue weighted by Gasteiger charge is -2.20. The van der Waals surface area contributed by atoms with Gasteiger partial charge in [-0.15, -0.1) is 0 Å². The van der Waals surface area contributed by atoms with E-state index in [9.17, 15) is 19.5 Å². The fraction of sp³-hybridized carbons (Fsp3) is 0.423. The van der Waals surface area contributed by atoms with Crippen LogP contribution in [-0.4, -0.2) is 53.8 Å². The Labute approximate surface area is 204 Å². The molecule has 182 valence electrons. The molecule has 2 amide bonds. The maximum atomic E-state index is 12.6. The number of hydrogen-bond acceptors (Lipinski definition) is 5. The molecular weight excluding hydrogens is 452 g/mol. The fourth-order valence-electron chi connectivity index (χ4n) is 4.35. The number of nitrogens with one attached hydrogen (secondary N) is 2. The van der Waals surface area contributed by atoms with Crippen molar-refractivity contribution in [1.82, 2.24) is 10.6 Å². The first-order valence-electron chi connectivity index (χ1n) is 11.6. The summed E-state index contributed by atoms with van der Waals surface area (Å²) in [6.45, 7) is 2.16. The second-order valence-corrected chi connectivity index (χ2v) is 9.39. The Morgan fingerprint density at radius 2 is 1.62 bits per heavy atom. The Bertz CT molecular complexity index is 967. The number of carbonyl (C=O) groups is 3. The molecule has 1 unspecified atom stereocenters. The zero-order valence-electron chi connectivity index (χ0n) is 19.6. The van der Waals surface area contributed by atoms with Gasteiger partial charge in [-0.2, -0.15) is 11.8 Å². The molecule has 3 N–H and O–H groups in total. The highest BCUT2D eigenvalue weighted by Crippen LogP contribution is 2.44. The number of alkyl carbamates (subject to hydrolysis) is 1. The van der Waals surface area contributed by atoms with E-state index in [1.807, 2.05) is 37.4 Å². The van der Waals surface area contributed by atoms with Gasteiger partial charge in [-0.3, -0.25) is 4.79 Å². The third kappa shape index (κ3) is 6.53. The predicted octanol–water partition coefficient (Wildman–Crippen LogP) is 4.41. The molecule has 34 heavy (non-hydrogen) atoms. The number of ether oxygens (including phenoxy) is 1. The van der Waals surface area contributed by atoms with E-state index in [0.29, 0.717) is 18.6 Å². The third-order valence-corrected chi connectivity index (χ3v) is 6.62. The fourth-order valence-corrected chi connectivity index (χ4v) is 4.82. The maximum absolute atomic E-state index is 12.6. The van der Waals surface area contributed by atoms with E-state index in [1.165, 1.54) is 11.8 Å². The second-order valence-electron chi connectivity index (χ2n) is 8.40. The minimum atomic E-state index is -1.06. The summed E-state index contributed by atoms with van der Waals surface area (Å²) < 4.78 is 5.59. The molecule has 0 aromatic heterocycles. The van der Waals surface area contributed by atoms with Crippen molar-refractivity contribution in [3.63, 3.8) is 0 Å². The molecule has 2 aromatic rings. The first-order chi connectivity index (χ1) is 16.4. The minimum absolute atomic E-state index is 0.00107. The molecule has 1 aliphatic carbocycles. The SMILES string of the molecule is CCC[C@@H](CC(=O)NC(CCSC)C(=O)O)NC(=O)OCC1c2ccccc2-c2ccccc21. The number of rotatable bonds is 12. The summed E-state index contributed by atoms with van der Waals surface area (Å²) in [6.07, 6.45) is 3.00. The number of hydrogen-bond donors (Lipinski definition) is 3. The van der Waals surface area contributed by atoms with Crippen molar-refractivity contribution < 1.29 is 24.2 Å². The van der Waals surface area contributed by atoms with Crippen molar-refractivity contribution in [2.75, 3.05) is 18.6 Å². The monoisotopic (exact) mass is 484 g/mol. The predicted molar refractivity (Wildman–Crippen MR) is 134 cm³/mol. The van der Waals surface area contributed by atoms with Gasteiger partial charge in [-0.1, -0.05) is 61.9 Å². The van der Waals surface area contributed by atoms with Crippen molar-refractivity contribution in [3.05, 3.63) is 59.7 Å². The molecule has 2 atom stereocenters. The summed E-state index contributed by atoms with van der Waals surface area (Å²) in [5.41, 5.74) is 4.57. The number of fused-ring (bicyclic) bond motifs is 3. The minimum Gasteiger partial charge on any atom is -0.480 e. The Morgan fingerprint density at radius 3 is 2.18 bits per heavy atom. The van der Waals surface area contributed by atoms with E-state index in [4.69, 9.17) is 4.74 Å². The van der Waals surface area contributed by atoms with Crippen LogP contribution in [0.5, 0.6) is 0 Å². The van der Waals surface area contributed by atoms with E-state index in [1.54, 1.807) is 0 Å². The second kappa shape index (κ2) is 12.5. The van der Waals surface area contributed by atoms with Gasteiger partial charge in [0, 0.05) is 18.4 Å². The molecule has 8 heteroatoms. The number of aliphatic carboxylic acids is 1. The van der Waals surface area contributed by atoms with Gasteiger partial charge in [-0.05, 0) is 47.1 Å². The van der Waals surface area contributed by atoms with Crippen molar-refractivity contribution in [1.29, 1.82) is 0 Å². The van der Waals surface area contributed by atoms with E-state index >= 15 is 0 Å². The molecule has 3 rings (SSSR count). The Hall–Kier alpha value is -3.00. The lowest BCUT2D eigenvalue weighted by Crippen LogP contribution is -2.45.